The second kappa shape index (κ2) is 10.5. The molecule has 0 radical (unpaired) electrons. The molecule has 9 heteroatoms. The Labute approximate surface area is 133 Å². The molecule has 0 aliphatic heterocycles. The summed E-state index contributed by atoms with van der Waals surface area (Å²) in [6.07, 6.45) is 1.22. The highest BCUT2D eigenvalue weighted by molar-refractivity contribution is 7.39. The van der Waals surface area contributed by atoms with Crippen molar-refractivity contribution < 1.29 is 22.3 Å². The number of rotatable bonds is 12. The van der Waals surface area contributed by atoms with Crippen LogP contribution in [0.2, 0.25) is 38.3 Å². The molecule has 128 valence electrons. The predicted molar refractivity (Wildman–Crippen MR) is 96.7 cm³/mol. The van der Waals surface area contributed by atoms with Crippen molar-refractivity contribution >= 4 is 32.7 Å². The summed E-state index contributed by atoms with van der Waals surface area (Å²) in [6.45, 7) is 13.4. The van der Waals surface area contributed by atoms with E-state index in [0.717, 1.165) is 12.1 Å². The SMILES string of the molecule is CCO[PH](=O)CC[Si](C)(C)O[Si](C)(C)CC[PH](=O)OCC. The molecule has 0 saturated carbocycles. The van der Waals surface area contributed by atoms with Crippen LogP contribution in [0, 0.1) is 0 Å². The minimum absolute atomic E-state index is 0.507. The normalized spacial score (nSPS) is 15.9. The van der Waals surface area contributed by atoms with Crippen molar-refractivity contribution in [3.8, 4) is 0 Å². The molecule has 0 saturated heterocycles. The molecule has 0 aromatic rings. The average Bonchev–Trinajstić information content (AvgIpc) is 2.34. The Morgan fingerprint density at radius 3 is 1.38 bits per heavy atom. The fourth-order valence-electron chi connectivity index (χ4n) is 2.12. The van der Waals surface area contributed by atoms with E-state index in [0.29, 0.717) is 25.5 Å². The molecule has 0 N–H and O–H groups in total. The molecular weight excluding hydrogens is 342 g/mol. The van der Waals surface area contributed by atoms with Crippen LogP contribution in [0.5, 0.6) is 0 Å². The van der Waals surface area contributed by atoms with Gasteiger partial charge in [0.2, 0.25) is 0 Å². The van der Waals surface area contributed by atoms with Gasteiger partial charge in [-0.05, 0) is 52.1 Å². The van der Waals surface area contributed by atoms with E-state index >= 15 is 0 Å². The lowest BCUT2D eigenvalue weighted by molar-refractivity contribution is 0.350. The van der Waals surface area contributed by atoms with Gasteiger partial charge < -0.3 is 13.2 Å². The van der Waals surface area contributed by atoms with Gasteiger partial charge in [-0.1, -0.05) is 0 Å². The Morgan fingerprint density at radius 2 is 1.10 bits per heavy atom. The van der Waals surface area contributed by atoms with Gasteiger partial charge in [0.05, 0.1) is 13.2 Å². The van der Waals surface area contributed by atoms with Crippen molar-refractivity contribution in [2.24, 2.45) is 0 Å². The number of hydrogen-bond acceptors (Lipinski definition) is 5. The van der Waals surface area contributed by atoms with Crippen LogP contribution in [0.25, 0.3) is 0 Å². The predicted octanol–water partition coefficient (Wildman–Crippen LogP) is 4.44. The van der Waals surface area contributed by atoms with Crippen LogP contribution in [-0.4, -0.2) is 42.2 Å². The Hall–Kier alpha value is 0.774. The van der Waals surface area contributed by atoms with Crippen molar-refractivity contribution in [1.82, 2.24) is 0 Å². The first-order valence-electron chi connectivity index (χ1n) is 7.63. The quantitative estimate of drug-likeness (QED) is 0.373. The van der Waals surface area contributed by atoms with Crippen molar-refractivity contribution in [2.45, 2.75) is 52.1 Å². The maximum atomic E-state index is 11.6. The molecule has 0 aliphatic rings. The second-order valence-electron chi connectivity index (χ2n) is 6.23. The minimum atomic E-state index is -1.91. The summed E-state index contributed by atoms with van der Waals surface area (Å²) < 4.78 is 40.0. The van der Waals surface area contributed by atoms with Crippen molar-refractivity contribution in [2.75, 3.05) is 25.5 Å². The van der Waals surface area contributed by atoms with Crippen molar-refractivity contribution in [3.63, 3.8) is 0 Å². The first-order chi connectivity index (χ1) is 9.62. The molecule has 2 atom stereocenters. The summed E-state index contributed by atoms with van der Waals surface area (Å²) in [7, 11) is -7.50. The average molecular weight is 375 g/mol. The first-order valence-corrected chi connectivity index (χ1v) is 16.9. The molecule has 0 rings (SSSR count). The van der Waals surface area contributed by atoms with Gasteiger partial charge in [0.1, 0.15) is 0 Å². The molecule has 0 heterocycles. The van der Waals surface area contributed by atoms with Gasteiger partial charge in [0, 0.05) is 12.3 Å². The lowest BCUT2D eigenvalue weighted by atomic mass is 10.9. The topological polar surface area (TPSA) is 61.8 Å². The van der Waals surface area contributed by atoms with Gasteiger partial charge >= 0.3 is 0 Å². The van der Waals surface area contributed by atoms with E-state index in [4.69, 9.17) is 13.2 Å². The van der Waals surface area contributed by atoms with Gasteiger partial charge in [-0.15, -0.1) is 0 Å². The van der Waals surface area contributed by atoms with E-state index in [9.17, 15) is 9.13 Å². The second-order valence-corrected chi connectivity index (χ2v) is 18.2. The van der Waals surface area contributed by atoms with Gasteiger partial charge in [0.25, 0.3) is 0 Å². The van der Waals surface area contributed by atoms with Gasteiger partial charge in [0.15, 0.2) is 32.7 Å². The smallest absolute Gasteiger partial charge is 0.191 e. The van der Waals surface area contributed by atoms with E-state index in [1.165, 1.54) is 0 Å². The van der Waals surface area contributed by atoms with Gasteiger partial charge in [-0.2, -0.15) is 0 Å². The van der Waals surface area contributed by atoms with Crippen LogP contribution in [0.15, 0.2) is 0 Å². The maximum Gasteiger partial charge on any atom is 0.191 e. The van der Waals surface area contributed by atoms with Crippen LogP contribution in [0.1, 0.15) is 13.8 Å². The van der Waals surface area contributed by atoms with Crippen LogP contribution in [0.3, 0.4) is 0 Å². The maximum absolute atomic E-state index is 11.6. The third-order valence-corrected chi connectivity index (χ3v) is 13.9. The summed E-state index contributed by atoms with van der Waals surface area (Å²) in [4.78, 5) is 0. The Kier molecular flexibility index (Phi) is 10.9. The highest BCUT2D eigenvalue weighted by Crippen LogP contribution is 2.31. The first kappa shape index (κ1) is 21.8. The van der Waals surface area contributed by atoms with Crippen LogP contribution < -0.4 is 0 Å². The molecule has 2 unspecified atom stereocenters. The molecule has 0 bridgehead atoms. The summed E-state index contributed by atoms with van der Waals surface area (Å²) in [5.74, 6) is 0. The zero-order valence-corrected chi connectivity index (χ0v) is 18.3. The van der Waals surface area contributed by atoms with E-state index in [1.54, 1.807) is 0 Å². The third-order valence-electron chi connectivity index (χ3n) is 3.03. The van der Waals surface area contributed by atoms with E-state index in [-0.39, 0.29) is 0 Å². The molecule has 0 spiro atoms. The zero-order valence-electron chi connectivity index (χ0n) is 14.3. The summed E-state index contributed by atoms with van der Waals surface area (Å²) >= 11 is 0. The number of hydrogen-bond donors (Lipinski definition) is 0. The monoisotopic (exact) mass is 374 g/mol. The molecule has 5 nitrogen and oxygen atoms in total. The Morgan fingerprint density at radius 1 is 0.762 bits per heavy atom. The van der Waals surface area contributed by atoms with Crippen LogP contribution in [0.4, 0.5) is 0 Å². The van der Waals surface area contributed by atoms with Crippen molar-refractivity contribution in [3.05, 3.63) is 0 Å². The Balaban J connectivity index is 4.26. The molecule has 21 heavy (non-hydrogen) atoms. The zero-order chi connectivity index (χ0) is 16.5. The summed E-state index contributed by atoms with van der Waals surface area (Å²) in [6, 6.07) is 1.70. The van der Waals surface area contributed by atoms with Crippen LogP contribution in [-0.2, 0) is 22.3 Å². The van der Waals surface area contributed by atoms with E-state index < -0.39 is 32.7 Å². The summed E-state index contributed by atoms with van der Waals surface area (Å²) in [5.41, 5.74) is 0. The fraction of sp³-hybridized carbons (Fsp3) is 1.00. The lowest BCUT2D eigenvalue weighted by Gasteiger charge is -2.34. The van der Waals surface area contributed by atoms with E-state index in [1.807, 2.05) is 13.8 Å². The van der Waals surface area contributed by atoms with Crippen LogP contribution >= 0.6 is 16.1 Å². The molecule has 0 amide bonds. The highest BCUT2D eigenvalue weighted by atomic mass is 31.1. The lowest BCUT2D eigenvalue weighted by Crippen LogP contribution is -2.44. The van der Waals surface area contributed by atoms with Crippen molar-refractivity contribution in [1.29, 1.82) is 0 Å². The Bertz CT molecular complexity index is 319. The standard InChI is InChI=1S/C12H32O5P2Si2/c1-7-15-18(13)9-11-20(3,4)17-21(5,6)12-10-19(14)16-8-2/h18-19H,7-12H2,1-6H3. The molecular formula is C12H32O5P2Si2. The largest absolute Gasteiger partial charge is 0.455 e. The van der Waals surface area contributed by atoms with Gasteiger partial charge in [-0.25, -0.2) is 0 Å². The highest BCUT2D eigenvalue weighted by Gasteiger charge is 2.33. The molecule has 0 aromatic heterocycles. The molecule has 0 aliphatic carbocycles. The summed E-state index contributed by atoms with van der Waals surface area (Å²) in [5, 5.41) is 0. The third kappa shape index (κ3) is 11.9. The molecule has 0 aromatic carbocycles. The fourth-order valence-corrected chi connectivity index (χ4v) is 16.3. The minimum Gasteiger partial charge on any atom is -0.455 e. The van der Waals surface area contributed by atoms with Gasteiger partial charge in [-0.3, -0.25) is 9.13 Å². The van der Waals surface area contributed by atoms with E-state index in [2.05, 4.69) is 26.2 Å². The molecule has 0 fully saturated rings.